The maximum Gasteiger partial charge on any atom is 0.393 e. The Morgan fingerprint density at radius 1 is 1.04 bits per heavy atom. The largest absolute Gasteiger partial charge is 0.462 e. The summed E-state index contributed by atoms with van der Waals surface area (Å²) in [6, 6.07) is 17.4. The van der Waals surface area contributed by atoms with Crippen molar-refractivity contribution >= 4 is 5.97 Å². The molecule has 0 unspecified atom stereocenters. The van der Waals surface area contributed by atoms with E-state index in [1.54, 1.807) is 36.6 Å². The fourth-order valence-electron chi connectivity index (χ4n) is 3.21. The maximum absolute atomic E-state index is 12.8. The molecule has 3 rings (SSSR count). The SMILES string of the molecule is CCOC(=O)c1cc(-c2ccccc2)n(-c2cccc(CC(F)(F)F)c2)c1C. The van der Waals surface area contributed by atoms with Crippen molar-refractivity contribution in [2.24, 2.45) is 0 Å². The number of carbonyl (C=O) groups excluding carboxylic acids is 1. The van der Waals surface area contributed by atoms with E-state index >= 15 is 0 Å². The molecule has 3 nitrogen and oxygen atoms in total. The van der Waals surface area contributed by atoms with Crippen molar-refractivity contribution in [1.29, 1.82) is 0 Å². The van der Waals surface area contributed by atoms with Crippen molar-refractivity contribution in [3.05, 3.63) is 77.5 Å². The minimum atomic E-state index is -4.29. The average Bonchev–Trinajstić information content (AvgIpc) is 2.99. The van der Waals surface area contributed by atoms with Crippen molar-refractivity contribution in [1.82, 2.24) is 4.57 Å². The predicted molar refractivity (Wildman–Crippen MR) is 102 cm³/mol. The van der Waals surface area contributed by atoms with E-state index in [0.717, 1.165) is 5.56 Å². The molecule has 1 aromatic heterocycles. The van der Waals surface area contributed by atoms with E-state index < -0.39 is 18.6 Å². The number of esters is 1. The molecule has 0 atom stereocenters. The zero-order valence-electron chi connectivity index (χ0n) is 15.6. The molecule has 0 spiro atoms. The lowest BCUT2D eigenvalue weighted by Gasteiger charge is -2.14. The van der Waals surface area contributed by atoms with Gasteiger partial charge in [-0.1, -0.05) is 42.5 Å². The van der Waals surface area contributed by atoms with Crippen molar-refractivity contribution < 1.29 is 22.7 Å². The number of hydrogen-bond acceptors (Lipinski definition) is 2. The van der Waals surface area contributed by atoms with Crippen LogP contribution in [0, 0.1) is 6.92 Å². The van der Waals surface area contributed by atoms with E-state index in [-0.39, 0.29) is 12.2 Å². The number of carbonyl (C=O) groups is 1. The minimum absolute atomic E-state index is 0.162. The number of alkyl halides is 3. The van der Waals surface area contributed by atoms with Crippen LogP contribution in [0.25, 0.3) is 16.9 Å². The van der Waals surface area contributed by atoms with E-state index in [1.807, 2.05) is 30.3 Å². The summed E-state index contributed by atoms with van der Waals surface area (Å²) in [4.78, 5) is 12.4. The smallest absolute Gasteiger partial charge is 0.393 e. The van der Waals surface area contributed by atoms with Crippen LogP contribution >= 0.6 is 0 Å². The lowest BCUT2D eigenvalue weighted by Crippen LogP contribution is -2.12. The van der Waals surface area contributed by atoms with Crippen LogP contribution in [0.4, 0.5) is 13.2 Å². The molecule has 0 aliphatic heterocycles. The third-order valence-electron chi connectivity index (χ3n) is 4.39. The summed E-state index contributed by atoms with van der Waals surface area (Å²) in [5.41, 5.74) is 3.29. The molecule has 0 saturated carbocycles. The molecule has 2 aromatic carbocycles. The molecule has 3 aromatic rings. The summed E-state index contributed by atoms with van der Waals surface area (Å²) in [7, 11) is 0. The van der Waals surface area contributed by atoms with Gasteiger partial charge in [-0.25, -0.2) is 4.79 Å². The summed E-state index contributed by atoms with van der Waals surface area (Å²) in [6.45, 7) is 3.73. The third kappa shape index (κ3) is 4.27. The summed E-state index contributed by atoms with van der Waals surface area (Å²) < 4.78 is 45.4. The van der Waals surface area contributed by atoms with Gasteiger partial charge in [-0.15, -0.1) is 0 Å². The Kier molecular flexibility index (Phi) is 5.58. The molecule has 6 heteroatoms. The van der Waals surface area contributed by atoms with Gasteiger partial charge in [-0.2, -0.15) is 13.2 Å². The summed E-state index contributed by atoms with van der Waals surface area (Å²) in [5, 5.41) is 0. The van der Waals surface area contributed by atoms with E-state index in [2.05, 4.69) is 0 Å². The Hall–Kier alpha value is -3.02. The highest BCUT2D eigenvalue weighted by Gasteiger charge is 2.28. The van der Waals surface area contributed by atoms with Gasteiger partial charge in [0, 0.05) is 11.4 Å². The molecular formula is C22H20F3NO2. The van der Waals surface area contributed by atoms with Crippen LogP contribution < -0.4 is 0 Å². The van der Waals surface area contributed by atoms with Crippen LogP contribution in [-0.2, 0) is 11.2 Å². The molecule has 0 N–H and O–H groups in total. The maximum atomic E-state index is 12.8. The zero-order chi connectivity index (χ0) is 20.3. The number of ether oxygens (including phenoxy) is 1. The molecule has 0 saturated heterocycles. The summed E-state index contributed by atoms with van der Waals surface area (Å²) >= 11 is 0. The highest BCUT2D eigenvalue weighted by atomic mass is 19.4. The molecule has 146 valence electrons. The Labute approximate surface area is 161 Å². The Bertz CT molecular complexity index is 975. The van der Waals surface area contributed by atoms with Crippen molar-refractivity contribution in [2.45, 2.75) is 26.4 Å². The first-order valence-corrected chi connectivity index (χ1v) is 8.91. The molecule has 0 bridgehead atoms. The summed E-state index contributed by atoms with van der Waals surface area (Å²) in [6.07, 6.45) is -5.30. The molecule has 1 heterocycles. The van der Waals surface area contributed by atoms with Gasteiger partial charge in [-0.3, -0.25) is 0 Å². The van der Waals surface area contributed by atoms with Gasteiger partial charge >= 0.3 is 12.1 Å². The van der Waals surface area contributed by atoms with Gasteiger partial charge in [0.1, 0.15) is 0 Å². The molecule has 28 heavy (non-hydrogen) atoms. The van der Waals surface area contributed by atoms with Gasteiger partial charge in [-0.05, 0) is 43.2 Å². The van der Waals surface area contributed by atoms with Crippen LogP contribution in [0.3, 0.4) is 0 Å². The molecule has 0 aliphatic carbocycles. The summed E-state index contributed by atoms with van der Waals surface area (Å²) in [5.74, 6) is -0.456. The van der Waals surface area contributed by atoms with Gasteiger partial charge < -0.3 is 9.30 Å². The second kappa shape index (κ2) is 7.92. The van der Waals surface area contributed by atoms with E-state index in [4.69, 9.17) is 4.74 Å². The van der Waals surface area contributed by atoms with Crippen LogP contribution in [0.1, 0.15) is 28.5 Å². The van der Waals surface area contributed by atoms with Crippen LogP contribution in [0.2, 0.25) is 0 Å². The number of nitrogens with zero attached hydrogens (tertiary/aromatic N) is 1. The zero-order valence-corrected chi connectivity index (χ0v) is 15.6. The predicted octanol–water partition coefficient (Wildman–Crippen LogP) is 5.73. The first-order chi connectivity index (χ1) is 13.3. The first-order valence-electron chi connectivity index (χ1n) is 8.91. The molecule has 0 aliphatic rings. The molecule has 0 fully saturated rings. The number of aromatic nitrogens is 1. The number of hydrogen-bond donors (Lipinski definition) is 0. The fraction of sp³-hybridized carbons (Fsp3) is 0.227. The topological polar surface area (TPSA) is 31.2 Å². The van der Waals surface area contributed by atoms with Crippen molar-refractivity contribution in [2.75, 3.05) is 6.61 Å². The quantitative estimate of drug-likeness (QED) is 0.523. The van der Waals surface area contributed by atoms with Crippen molar-refractivity contribution in [3.8, 4) is 16.9 Å². The standard InChI is InChI=1S/C22H20F3NO2/c1-3-28-21(27)19-13-20(17-9-5-4-6-10-17)26(15(19)2)18-11-7-8-16(12-18)14-22(23,24)25/h4-13H,3,14H2,1-2H3. The second-order valence-electron chi connectivity index (χ2n) is 6.41. The number of halogens is 3. The Morgan fingerprint density at radius 2 is 1.75 bits per heavy atom. The second-order valence-corrected chi connectivity index (χ2v) is 6.41. The first kappa shape index (κ1) is 19.7. The molecular weight excluding hydrogens is 367 g/mol. The molecule has 0 amide bonds. The van der Waals surface area contributed by atoms with Gasteiger partial charge in [0.2, 0.25) is 0 Å². The van der Waals surface area contributed by atoms with Gasteiger partial charge in [0.15, 0.2) is 0 Å². The lowest BCUT2D eigenvalue weighted by atomic mass is 10.1. The van der Waals surface area contributed by atoms with Crippen LogP contribution in [0.15, 0.2) is 60.7 Å². The van der Waals surface area contributed by atoms with Crippen LogP contribution in [-0.4, -0.2) is 23.3 Å². The Morgan fingerprint density at radius 3 is 2.39 bits per heavy atom. The fourth-order valence-corrected chi connectivity index (χ4v) is 3.21. The number of rotatable bonds is 5. The monoisotopic (exact) mass is 387 g/mol. The van der Waals surface area contributed by atoms with Crippen LogP contribution in [0.5, 0.6) is 0 Å². The van der Waals surface area contributed by atoms with Gasteiger partial charge in [0.25, 0.3) is 0 Å². The third-order valence-corrected chi connectivity index (χ3v) is 4.39. The van der Waals surface area contributed by atoms with Gasteiger partial charge in [0.05, 0.1) is 24.3 Å². The molecule has 0 radical (unpaired) electrons. The van der Waals surface area contributed by atoms with E-state index in [9.17, 15) is 18.0 Å². The normalized spacial score (nSPS) is 11.5. The van der Waals surface area contributed by atoms with E-state index in [0.29, 0.717) is 22.6 Å². The average molecular weight is 387 g/mol. The van der Waals surface area contributed by atoms with Crippen molar-refractivity contribution in [3.63, 3.8) is 0 Å². The lowest BCUT2D eigenvalue weighted by molar-refractivity contribution is -0.127. The Balaban J connectivity index is 2.16. The number of benzene rings is 2. The van der Waals surface area contributed by atoms with E-state index in [1.165, 1.54) is 12.1 Å². The highest BCUT2D eigenvalue weighted by molar-refractivity contribution is 5.93. The highest BCUT2D eigenvalue weighted by Crippen LogP contribution is 2.31. The minimum Gasteiger partial charge on any atom is -0.462 e.